The Balaban J connectivity index is 2.79. The highest BCUT2D eigenvalue weighted by Gasteiger charge is 2.17. The van der Waals surface area contributed by atoms with Crippen LogP contribution < -0.4 is 5.32 Å². The highest BCUT2D eigenvalue weighted by molar-refractivity contribution is 7.88. The minimum Gasteiger partial charge on any atom is -0.313 e. The van der Waals surface area contributed by atoms with Crippen molar-refractivity contribution in [1.29, 1.82) is 0 Å². The van der Waals surface area contributed by atoms with Gasteiger partial charge in [0.1, 0.15) is 0 Å². The van der Waals surface area contributed by atoms with Gasteiger partial charge in [0, 0.05) is 13.6 Å². The molecular weight excluding hydrogens is 260 g/mol. The summed E-state index contributed by atoms with van der Waals surface area (Å²) in [5, 5.41) is 3.21. The van der Waals surface area contributed by atoms with Crippen molar-refractivity contribution in [3.05, 3.63) is 35.4 Å². The predicted molar refractivity (Wildman–Crippen MR) is 77.9 cm³/mol. The van der Waals surface area contributed by atoms with E-state index >= 15 is 0 Å². The lowest BCUT2D eigenvalue weighted by atomic mass is 10.1. The van der Waals surface area contributed by atoms with Gasteiger partial charge in [0.2, 0.25) is 10.0 Å². The highest BCUT2D eigenvalue weighted by Crippen LogP contribution is 2.11. The first-order chi connectivity index (χ1) is 8.99. The van der Waals surface area contributed by atoms with Crippen LogP contribution in [-0.4, -0.2) is 32.9 Å². The molecule has 0 amide bonds. The third-order valence-corrected chi connectivity index (χ3v) is 4.49. The molecule has 0 aliphatic heterocycles. The van der Waals surface area contributed by atoms with Gasteiger partial charge in [-0.1, -0.05) is 37.1 Å². The molecule has 0 aromatic heterocycles. The van der Waals surface area contributed by atoms with E-state index in [1.54, 1.807) is 0 Å². The molecule has 0 spiro atoms. The second-order valence-corrected chi connectivity index (χ2v) is 6.39. The van der Waals surface area contributed by atoms with Crippen LogP contribution in [0.1, 0.15) is 18.1 Å². The SMILES string of the molecule is C#CCN(C)S(=O)(=O)Cc1cccc(CNCC)c1. The molecule has 0 aliphatic carbocycles. The lowest BCUT2D eigenvalue weighted by molar-refractivity contribution is 0.502. The van der Waals surface area contributed by atoms with Crippen LogP contribution in [0.15, 0.2) is 24.3 Å². The average Bonchev–Trinajstić information content (AvgIpc) is 2.36. The number of terminal acetylenes is 1. The number of nitrogens with zero attached hydrogens (tertiary/aromatic N) is 1. The normalized spacial score (nSPS) is 11.5. The van der Waals surface area contributed by atoms with E-state index in [9.17, 15) is 8.42 Å². The minimum atomic E-state index is -3.34. The fraction of sp³-hybridized carbons (Fsp3) is 0.429. The molecule has 0 saturated carbocycles. The Morgan fingerprint density at radius 3 is 2.68 bits per heavy atom. The molecule has 4 nitrogen and oxygen atoms in total. The Morgan fingerprint density at radius 1 is 1.37 bits per heavy atom. The number of hydrogen-bond acceptors (Lipinski definition) is 3. The Labute approximate surface area is 115 Å². The van der Waals surface area contributed by atoms with E-state index in [-0.39, 0.29) is 12.3 Å². The van der Waals surface area contributed by atoms with E-state index in [1.165, 1.54) is 11.4 Å². The Bertz CT molecular complexity index is 547. The number of sulfonamides is 1. The van der Waals surface area contributed by atoms with E-state index in [1.807, 2.05) is 31.2 Å². The number of hydrogen-bond donors (Lipinski definition) is 1. The summed E-state index contributed by atoms with van der Waals surface area (Å²) in [5.74, 6) is 2.31. The second-order valence-electron chi connectivity index (χ2n) is 4.32. The molecule has 0 fully saturated rings. The summed E-state index contributed by atoms with van der Waals surface area (Å²) >= 11 is 0. The zero-order chi connectivity index (χ0) is 14.3. The van der Waals surface area contributed by atoms with Crippen molar-refractivity contribution in [1.82, 2.24) is 9.62 Å². The van der Waals surface area contributed by atoms with Gasteiger partial charge in [-0.15, -0.1) is 6.42 Å². The average molecular weight is 280 g/mol. The zero-order valence-corrected chi connectivity index (χ0v) is 12.2. The number of nitrogens with one attached hydrogen (secondary N) is 1. The Morgan fingerprint density at radius 2 is 2.05 bits per heavy atom. The summed E-state index contributed by atoms with van der Waals surface area (Å²) < 4.78 is 25.3. The Hall–Kier alpha value is -1.35. The molecule has 0 unspecified atom stereocenters. The first kappa shape index (κ1) is 15.7. The molecule has 0 saturated heterocycles. The van der Waals surface area contributed by atoms with Gasteiger partial charge in [-0.2, -0.15) is 4.31 Å². The molecule has 104 valence electrons. The zero-order valence-electron chi connectivity index (χ0n) is 11.4. The van der Waals surface area contributed by atoms with Gasteiger partial charge in [-0.3, -0.25) is 0 Å². The fourth-order valence-electron chi connectivity index (χ4n) is 1.65. The lowest BCUT2D eigenvalue weighted by Gasteiger charge is -2.14. The quantitative estimate of drug-likeness (QED) is 0.763. The van der Waals surface area contributed by atoms with Crippen molar-refractivity contribution < 1.29 is 8.42 Å². The molecule has 0 radical (unpaired) electrons. The predicted octanol–water partition coefficient (Wildman–Crippen LogP) is 1.19. The van der Waals surface area contributed by atoms with Gasteiger partial charge in [0.25, 0.3) is 0 Å². The van der Waals surface area contributed by atoms with Gasteiger partial charge in [-0.05, 0) is 17.7 Å². The molecule has 0 heterocycles. The molecule has 1 N–H and O–H groups in total. The van der Waals surface area contributed by atoms with Gasteiger partial charge in [0.15, 0.2) is 0 Å². The molecular formula is C14H20N2O2S. The summed E-state index contributed by atoms with van der Waals surface area (Å²) in [4.78, 5) is 0. The van der Waals surface area contributed by atoms with Crippen LogP contribution in [0.25, 0.3) is 0 Å². The molecule has 5 heteroatoms. The van der Waals surface area contributed by atoms with Crippen LogP contribution in [0.2, 0.25) is 0 Å². The van der Waals surface area contributed by atoms with E-state index in [4.69, 9.17) is 6.42 Å². The lowest BCUT2D eigenvalue weighted by Crippen LogP contribution is -2.28. The van der Waals surface area contributed by atoms with Gasteiger partial charge >= 0.3 is 0 Å². The third-order valence-electron chi connectivity index (χ3n) is 2.71. The highest BCUT2D eigenvalue weighted by atomic mass is 32.2. The van der Waals surface area contributed by atoms with Crippen molar-refractivity contribution in [2.24, 2.45) is 0 Å². The number of benzene rings is 1. The maximum absolute atomic E-state index is 12.0. The first-order valence-electron chi connectivity index (χ1n) is 6.15. The maximum Gasteiger partial charge on any atom is 0.218 e. The van der Waals surface area contributed by atoms with Crippen molar-refractivity contribution in [3.8, 4) is 12.3 Å². The van der Waals surface area contributed by atoms with Crippen molar-refractivity contribution >= 4 is 10.0 Å². The fourth-order valence-corrected chi connectivity index (χ4v) is 2.74. The first-order valence-corrected chi connectivity index (χ1v) is 7.76. The van der Waals surface area contributed by atoms with Crippen LogP contribution in [0, 0.1) is 12.3 Å². The summed E-state index contributed by atoms with van der Waals surface area (Å²) in [6, 6.07) is 7.57. The third kappa shape index (κ3) is 5.03. The van der Waals surface area contributed by atoms with E-state index in [2.05, 4.69) is 11.2 Å². The van der Waals surface area contributed by atoms with E-state index in [0.717, 1.165) is 24.2 Å². The topological polar surface area (TPSA) is 49.4 Å². The molecule has 1 aromatic rings. The summed E-state index contributed by atoms with van der Waals surface area (Å²) in [6.45, 7) is 3.75. The summed E-state index contributed by atoms with van der Waals surface area (Å²) in [7, 11) is -1.84. The largest absolute Gasteiger partial charge is 0.313 e. The monoisotopic (exact) mass is 280 g/mol. The molecule has 0 aliphatic rings. The van der Waals surface area contributed by atoms with E-state index < -0.39 is 10.0 Å². The Kier molecular flexibility index (Phi) is 6.03. The standard InChI is InChI=1S/C14H20N2O2S/c1-4-9-16(3)19(17,18)12-14-8-6-7-13(10-14)11-15-5-2/h1,6-8,10,15H,5,9,11-12H2,2-3H3. The summed E-state index contributed by atoms with van der Waals surface area (Å²) in [5.41, 5.74) is 1.86. The molecule has 1 rings (SSSR count). The van der Waals surface area contributed by atoms with Crippen LogP contribution in [0.5, 0.6) is 0 Å². The van der Waals surface area contributed by atoms with Gasteiger partial charge in [0.05, 0.1) is 12.3 Å². The molecule has 0 atom stereocenters. The van der Waals surface area contributed by atoms with Crippen LogP contribution in [0.3, 0.4) is 0 Å². The summed E-state index contributed by atoms with van der Waals surface area (Å²) in [6.07, 6.45) is 5.13. The smallest absolute Gasteiger partial charge is 0.218 e. The molecule has 1 aromatic carbocycles. The van der Waals surface area contributed by atoms with E-state index in [0.29, 0.717) is 0 Å². The van der Waals surface area contributed by atoms with Crippen LogP contribution in [0.4, 0.5) is 0 Å². The van der Waals surface area contributed by atoms with Crippen molar-refractivity contribution in [2.75, 3.05) is 20.1 Å². The maximum atomic E-state index is 12.0. The van der Waals surface area contributed by atoms with Gasteiger partial charge in [-0.25, -0.2) is 8.42 Å². The van der Waals surface area contributed by atoms with Crippen molar-refractivity contribution in [3.63, 3.8) is 0 Å². The van der Waals surface area contributed by atoms with Crippen LogP contribution >= 0.6 is 0 Å². The minimum absolute atomic E-state index is 0.0227. The molecule has 0 bridgehead atoms. The second kappa shape index (κ2) is 7.29. The van der Waals surface area contributed by atoms with Gasteiger partial charge < -0.3 is 5.32 Å². The van der Waals surface area contributed by atoms with Crippen LogP contribution in [-0.2, 0) is 22.3 Å². The molecule has 19 heavy (non-hydrogen) atoms. The number of rotatable bonds is 7. The van der Waals surface area contributed by atoms with Crippen molar-refractivity contribution in [2.45, 2.75) is 19.2 Å².